The molecule has 0 spiro atoms. The highest BCUT2D eigenvalue weighted by atomic mass is 16.2. The third-order valence-electron chi connectivity index (χ3n) is 3.41. The van der Waals surface area contributed by atoms with Crippen LogP contribution in [-0.2, 0) is 9.59 Å². The Hall–Kier alpha value is -2.62. The minimum Gasteiger partial charge on any atom is -0.318 e. The van der Waals surface area contributed by atoms with E-state index in [0.29, 0.717) is 11.4 Å². The van der Waals surface area contributed by atoms with Gasteiger partial charge in [-0.15, -0.1) is 0 Å². The lowest BCUT2D eigenvalue weighted by Crippen LogP contribution is -2.37. The van der Waals surface area contributed by atoms with Gasteiger partial charge in [0.1, 0.15) is 0 Å². The summed E-state index contributed by atoms with van der Waals surface area (Å²) in [6.07, 6.45) is 0. The Bertz CT molecular complexity index is 666. The van der Waals surface area contributed by atoms with Crippen LogP contribution in [0.15, 0.2) is 48.5 Å². The summed E-state index contributed by atoms with van der Waals surface area (Å²) in [6, 6.07) is 14.6. The Labute approximate surface area is 124 Å². The second-order valence-electron chi connectivity index (χ2n) is 4.95. The molecule has 108 valence electrons. The Balaban J connectivity index is 2.09. The summed E-state index contributed by atoms with van der Waals surface area (Å²) in [4.78, 5) is 25.5. The molecule has 4 nitrogen and oxygen atoms in total. The molecule has 4 heteroatoms. The molecular weight excluding hydrogens is 264 g/mol. The average Bonchev–Trinajstić information content (AvgIpc) is 2.50. The number of nitrogens with one attached hydrogen (secondary N) is 1. The van der Waals surface area contributed by atoms with Gasteiger partial charge in [0, 0.05) is 18.4 Å². The first-order valence-corrected chi connectivity index (χ1v) is 6.70. The number of anilines is 2. The van der Waals surface area contributed by atoms with E-state index in [9.17, 15) is 9.59 Å². The van der Waals surface area contributed by atoms with Crippen LogP contribution < -0.4 is 10.2 Å². The molecule has 0 radical (unpaired) electrons. The first kappa shape index (κ1) is 14.8. The van der Waals surface area contributed by atoms with Crippen LogP contribution in [0.25, 0.3) is 0 Å². The molecule has 0 bridgehead atoms. The van der Waals surface area contributed by atoms with E-state index < -0.39 is 11.8 Å². The second-order valence-corrected chi connectivity index (χ2v) is 4.95. The van der Waals surface area contributed by atoms with Gasteiger partial charge in [0.15, 0.2) is 0 Å². The summed E-state index contributed by atoms with van der Waals surface area (Å²) in [5.74, 6) is -1.25. The average molecular weight is 282 g/mol. The molecule has 0 atom stereocenters. The van der Waals surface area contributed by atoms with Crippen LogP contribution in [0, 0.1) is 13.8 Å². The highest BCUT2D eigenvalue weighted by Gasteiger charge is 2.19. The van der Waals surface area contributed by atoms with E-state index in [-0.39, 0.29) is 0 Å². The van der Waals surface area contributed by atoms with Crippen LogP contribution in [0.3, 0.4) is 0 Å². The molecule has 0 heterocycles. The molecule has 0 aliphatic carbocycles. The molecule has 0 saturated carbocycles. The van der Waals surface area contributed by atoms with Gasteiger partial charge in [-0.25, -0.2) is 0 Å². The second kappa shape index (κ2) is 6.22. The number of benzene rings is 2. The maximum absolute atomic E-state index is 12.1. The first-order chi connectivity index (χ1) is 9.99. The largest absolute Gasteiger partial charge is 0.318 e. The maximum atomic E-state index is 12.1. The fourth-order valence-corrected chi connectivity index (χ4v) is 1.92. The van der Waals surface area contributed by atoms with Gasteiger partial charge in [0.2, 0.25) is 0 Å². The van der Waals surface area contributed by atoms with Crippen LogP contribution in [-0.4, -0.2) is 18.9 Å². The molecule has 0 aliphatic heterocycles. The predicted molar refractivity (Wildman–Crippen MR) is 84.4 cm³/mol. The summed E-state index contributed by atoms with van der Waals surface area (Å²) >= 11 is 0. The molecule has 21 heavy (non-hydrogen) atoms. The lowest BCUT2D eigenvalue weighted by Gasteiger charge is -2.16. The molecule has 0 aliphatic rings. The van der Waals surface area contributed by atoms with Crippen molar-refractivity contribution >= 4 is 23.2 Å². The number of aryl methyl sites for hydroxylation is 2. The molecule has 2 aromatic rings. The number of likely N-dealkylation sites (N-methyl/N-ethyl adjacent to an activating group) is 1. The number of carbonyl (C=O) groups excluding carboxylic acids is 2. The van der Waals surface area contributed by atoms with Crippen molar-refractivity contribution in [2.24, 2.45) is 0 Å². The number of carbonyl (C=O) groups is 2. The van der Waals surface area contributed by atoms with Crippen molar-refractivity contribution in [2.45, 2.75) is 13.8 Å². The highest BCUT2D eigenvalue weighted by Crippen LogP contribution is 2.15. The van der Waals surface area contributed by atoms with E-state index in [0.717, 1.165) is 11.1 Å². The summed E-state index contributed by atoms with van der Waals surface area (Å²) in [6.45, 7) is 3.96. The molecule has 0 aromatic heterocycles. The van der Waals surface area contributed by atoms with Crippen molar-refractivity contribution < 1.29 is 9.59 Å². The van der Waals surface area contributed by atoms with Gasteiger partial charge >= 0.3 is 11.8 Å². The van der Waals surface area contributed by atoms with E-state index in [4.69, 9.17) is 0 Å². The quantitative estimate of drug-likeness (QED) is 0.861. The molecule has 0 saturated heterocycles. The van der Waals surface area contributed by atoms with Gasteiger partial charge in [0.25, 0.3) is 0 Å². The van der Waals surface area contributed by atoms with Gasteiger partial charge in [-0.05, 0) is 49.2 Å². The third-order valence-corrected chi connectivity index (χ3v) is 3.41. The molecule has 1 N–H and O–H groups in total. The molecular formula is C17H18N2O2. The molecule has 0 fully saturated rings. The van der Waals surface area contributed by atoms with Gasteiger partial charge in [-0.3, -0.25) is 9.59 Å². The monoisotopic (exact) mass is 282 g/mol. The Morgan fingerprint density at radius 3 is 2.24 bits per heavy atom. The molecule has 2 aromatic carbocycles. The normalized spacial score (nSPS) is 10.0. The number of hydrogen-bond donors (Lipinski definition) is 1. The van der Waals surface area contributed by atoms with E-state index in [1.807, 2.05) is 44.2 Å². The standard InChI is InChI=1S/C17H18N2O2/c1-12-9-10-14(11-13(12)2)18-16(20)17(21)19(3)15-7-5-4-6-8-15/h4-11H,1-3H3,(H,18,20). The number of amides is 2. The van der Waals surface area contributed by atoms with Crippen LogP contribution in [0.5, 0.6) is 0 Å². The predicted octanol–water partition coefficient (Wildman–Crippen LogP) is 2.90. The minimum atomic E-state index is -0.649. The van der Waals surface area contributed by atoms with Gasteiger partial charge in [-0.1, -0.05) is 24.3 Å². The van der Waals surface area contributed by atoms with Gasteiger partial charge < -0.3 is 10.2 Å². The van der Waals surface area contributed by atoms with Crippen molar-refractivity contribution in [1.29, 1.82) is 0 Å². The van der Waals surface area contributed by atoms with Crippen molar-refractivity contribution in [2.75, 3.05) is 17.3 Å². The molecule has 2 amide bonds. The number of hydrogen-bond acceptors (Lipinski definition) is 2. The first-order valence-electron chi connectivity index (χ1n) is 6.70. The number of rotatable bonds is 2. The van der Waals surface area contributed by atoms with Crippen molar-refractivity contribution in [1.82, 2.24) is 0 Å². The van der Waals surface area contributed by atoms with Crippen LogP contribution in [0.1, 0.15) is 11.1 Å². The Morgan fingerprint density at radius 1 is 0.952 bits per heavy atom. The lowest BCUT2D eigenvalue weighted by molar-refractivity contribution is -0.134. The van der Waals surface area contributed by atoms with E-state index in [2.05, 4.69) is 5.32 Å². The van der Waals surface area contributed by atoms with E-state index >= 15 is 0 Å². The SMILES string of the molecule is Cc1ccc(NC(=O)C(=O)N(C)c2ccccc2)cc1C. The topological polar surface area (TPSA) is 49.4 Å². The van der Waals surface area contributed by atoms with Crippen molar-refractivity contribution in [3.05, 3.63) is 59.7 Å². The zero-order valence-electron chi connectivity index (χ0n) is 12.4. The summed E-state index contributed by atoms with van der Waals surface area (Å²) in [5.41, 5.74) is 3.51. The zero-order valence-corrected chi connectivity index (χ0v) is 12.4. The number of para-hydroxylation sites is 1. The van der Waals surface area contributed by atoms with E-state index in [1.54, 1.807) is 25.2 Å². The molecule has 0 unspecified atom stereocenters. The highest BCUT2D eigenvalue weighted by molar-refractivity contribution is 6.44. The summed E-state index contributed by atoms with van der Waals surface area (Å²) in [5, 5.41) is 2.63. The van der Waals surface area contributed by atoms with E-state index in [1.165, 1.54) is 4.90 Å². The summed E-state index contributed by atoms with van der Waals surface area (Å²) < 4.78 is 0. The maximum Gasteiger partial charge on any atom is 0.316 e. The summed E-state index contributed by atoms with van der Waals surface area (Å²) in [7, 11) is 1.58. The minimum absolute atomic E-state index is 0.598. The fourth-order valence-electron chi connectivity index (χ4n) is 1.92. The third kappa shape index (κ3) is 3.48. The van der Waals surface area contributed by atoms with Crippen LogP contribution in [0.4, 0.5) is 11.4 Å². The smallest absolute Gasteiger partial charge is 0.316 e. The number of nitrogens with zero attached hydrogens (tertiary/aromatic N) is 1. The Morgan fingerprint density at radius 2 is 1.62 bits per heavy atom. The molecule has 2 rings (SSSR count). The van der Waals surface area contributed by atoms with Crippen LogP contribution >= 0.6 is 0 Å². The van der Waals surface area contributed by atoms with Crippen molar-refractivity contribution in [3.8, 4) is 0 Å². The Kier molecular flexibility index (Phi) is 4.38. The van der Waals surface area contributed by atoms with Gasteiger partial charge in [0.05, 0.1) is 0 Å². The van der Waals surface area contributed by atoms with Crippen LogP contribution in [0.2, 0.25) is 0 Å². The fraction of sp³-hybridized carbons (Fsp3) is 0.176. The zero-order chi connectivity index (χ0) is 15.4. The van der Waals surface area contributed by atoms with Crippen molar-refractivity contribution in [3.63, 3.8) is 0 Å². The van der Waals surface area contributed by atoms with Gasteiger partial charge in [-0.2, -0.15) is 0 Å². The lowest BCUT2D eigenvalue weighted by atomic mass is 10.1.